The van der Waals surface area contributed by atoms with Crippen molar-refractivity contribution in [2.45, 2.75) is 12.5 Å². The fourth-order valence-electron chi connectivity index (χ4n) is 4.08. The van der Waals surface area contributed by atoms with Crippen LogP contribution < -0.4 is 5.32 Å². The molecule has 3 aromatic rings. The molecule has 0 spiro atoms. The first-order valence-electron chi connectivity index (χ1n) is 11.6. The number of rotatable bonds is 11. The maximum atomic E-state index is 13.7. The third-order valence-corrected chi connectivity index (χ3v) is 5.88. The average Bonchev–Trinajstić information content (AvgIpc) is 3.18. The number of nitrogens with one attached hydrogen (secondary N) is 1. The highest BCUT2D eigenvalue weighted by Crippen LogP contribution is 2.36. The number of ether oxygens (including phenoxy) is 2. The van der Waals surface area contributed by atoms with E-state index in [0.29, 0.717) is 31.2 Å². The molecule has 35 heavy (non-hydrogen) atoms. The molecule has 0 saturated heterocycles. The minimum Gasteiger partial charge on any atom is -0.382 e. The van der Waals surface area contributed by atoms with Crippen LogP contribution >= 0.6 is 0 Å². The zero-order chi connectivity index (χ0) is 24.6. The molecule has 1 aliphatic rings. The van der Waals surface area contributed by atoms with E-state index in [1.54, 1.807) is 13.2 Å². The highest BCUT2D eigenvalue weighted by atomic mass is 19.1. The van der Waals surface area contributed by atoms with Gasteiger partial charge in [-0.2, -0.15) is 0 Å². The number of anilines is 1. The number of amides is 1. The van der Waals surface area contributed by atoms with Gasteiger partial charge in [0.05, 0.1) is 31.2 Å². The van der Waals surface area contributed by atoms with Crippen molar-refractivity contribution in [2.75, 3.05) is 45.8 Å². The molecule has 0 fully saturated rings. The fourth-order valence-corrected chi connectivity index (χ4v) is 4.08. The molecular formula is C28H30FN3O3. The summed E-state index contributed by atoms with van der Waals surface area (Å²) in [4.78, 5) is 20.0. The van der Waals surface area contributed by atoms with Gasteiger partial charge in [-0.15, -0.1) is 0 Å². The average molecular weight is 476 g/mol. The van der Waals surface area contributed by atoms with E-state index in [9.17, 15) is 9.18 Å². The van der Waals surface area contributed by atoms with Gasteiger partial charge in [-0.25, -0.2) is 4.39 Å². The number of methoxy groups -OCH3 is 1. The summed E-state index contributed by atoms with van der Waals surface area (Å²) in [7, 11) is 3.72. The van der Waals surface area contributed by atoms with Gasteiger partial charge in [0.15, 0.2) is 0 Å². The van der Waals surface area contributed by atoms with Crippen LogP contribution in [0.2, 0.25) is 0 Å². The van der Waals surface area contributed by atoms with Gasteiger partial charge in [-0.3, -0.25) is 14.7 Å². The van der Waals surface area contributed by atoms with Crippen LogP contribution in [0.25, 0.3) is 0 Å². The van der Waals surface area contributed by atoms with E-state index >= 15 is 0 Å². The Hall–Kier alpha value is -3.39. The third-order valence-electron chi connectivity index (χ3n) is 5.88. The number of carbonyl (C=O) groups excluding carboxylic acids is 1. The van der Waals surface area contributed by atoms with Crippen LogP contribution in [0.1, 0.15) is 22.6 Å². The largest absolute Gasteiger partial charge is 0.382 e. The van der Waals surface area contributed by atoms with Crippen molar-refractivity contribution in [1.29, 1.82) is 0 Å². The Labute approximate surface area is 205 Å². The zero-order valence-electron chi connectivity index (χ0n) is 20.0. The number of hydrogen-bond donors (Lipinski definition) is 1. The van der Waals surface area contributed by atoms with E-state index in [1.165, 1.54) is 12.1 Å². The first kappa shape index (κ1) is 24.7. The summed E-state index contributed by atoms with van der Waals surface area (Å²) in [6.07, 6.45) is 0. The summed E-state index contributed by atoms with van der Waals surface area (Å²) in [5, 5.41) is 2.80. The normalized spacial score (nSPS) is 15.4. The quantitative estimate of drug-likeness (QED) is 0.320. The SMILES string of the molecule is COCCOCCN(C)Cc1ccc(N=C(c2ccccc2)C2C(=O)Nc3cc(F)ccc32)cc1. The van der Waals surface area contributed by atoms with Gasteiger partial charge in [0, 0.05) is 25.9 Å². The molecule has 0 radical (unpaired) electrons. The number of aliphatic imine (C=N–C) groups is 1. The van der Waals surface area contributed by atoms with Crippen LogP contribution in [0, 0.1) is 5.82 Å². The molecule has 1 N–H and O–H groups in total. The molecule has 6 nitrogen and oxygen atoms in total. The van der Waals surface area contributed by atoms with Crippen LogP contribution in [0.3, 0.4) is 0 Å². The van der Waals surface area contributed by atoms with Crippen molar-refractivity contribution >= 4 is 23.0 Å². The molecule has 4 rings (SSSR count). The van der Waals surface area contributed by atoms with E-state index in [-0.39, 0.29) is 11.7 Å². The predicted octanol–water partition coefficient (Wildman–Crippen LogP) is 4.78. The molecule has 182 valence electrons. The Bertz CT molecular complexity index is 1170. The topological polar surface area (TPSA) is 63.2 Å². The van der Waals surface area contributed by atoms with E-state index in [0.717, 1.165) is 35.5 Å². The summed E-state index contributed by atoms with van der Waals surface area (Å²) in [5.41, 5.74) is 4.61. The number of benzene rings is 3. The third kappa shape index (κ3) is 6.39. The fraction of sp³-hybridized carbons (Fsp3) is 0.286. The van der Waals surface area contributed by atoms with Gasteiger partial charge in [0.1, 0.15) is 11.7 Å². The van der Waals surface area contributed by atoms with Crippen molar-refractivity contribution in [3.8, 4) is 0 Å². The second kappa shape index (κ2) is 11.8. The van der Waals surface area contributed by atoms with Crippen molar-refractivity contribution in [3.63, 3.8) is 0 Å². The standard InChI is InChI=1S/C28H30FN3O3/c1-32(14-15-35-17-16-34-2)19-20-8-11-23(12-9-20)30-27(21-6-4-3-5-7-21)26-24-13-10-22(29)18-25(24)31-28(26)33/h3-13,18,26H,14-17,19H2,1-2H3,(H,31,33). The van der Waals surface area contributed by atoms with Gasteiger partial charge in [-0.05, 0) is 48.0 Å². The minimum absolute atomic E-state index is 0.209. The van der Waals surface area contributed by atoms with Crippen LogP contribution in [-0.4, -0.2) is 57.0 Å². The number of nitrogens with zero attached hydrogens (tertiary/aromatic N) is 2. The maximum absolute atomic E-state index is 13.7. The Morgan fingerprint density at radius 1 is 1.03 bits per heavy atom. The number of fused-ring (bicyclic) bond motifs is 1. The number of likely N-dealkylation sites (N-methyl/N-ethyl adjacent to an activating group) is 1. The van der Waals surface area contributed by atoms with E-state index < -0.39 is 5.92 Å². The molecular weight excluding hydrogens is 445 g/mol. The lowest BCUT2D eigenvalue weighted by molar-refractivity contribution is -0.115. The lowest BCUT2D eigenvalue weighted by Crippen LogP contribution is -2.23. The predicted molar refractivity (Wildman–Crippen MR) is 136 cm³/mol. The smallest absolute Gasteiger partial charge is 0.238 e. The van der Waals surface area contributed by atoms with Crippen LogP contribution in [0.15, 0.2) is 77.8 Å². The van der Waals surface area contributed by atoms with Crippen molar-refractivity contribution in [1.82, 2.24) is 4.90 Å². The van der Waals surface area contributed by atoms with Gasteiger partial charge in [-0.1, -0.05) is 48.5 Å². The molecule has 1 unspecified atom stereocenters. The molecule has 3 aromatic carbocycles. The number of halogens is 1. The molecule has 1 aliphatic heterocycles. The molecule has 0 saturated carbocycles. The molecule has 0 aromatic heterocycles. The monoisotopic (exact) mass is 475 g/mol. The van der Waals surface area contributed by atoms with Crippen LogP contribution in [-0.2, 0) is 20.8 Å². The molecule has 1 heterocycles. The van der Waals surface area contributed by atoms with Gasteiger partial charge >= 0.3 is 0 Å². The lowest BCUT2D eigenvalue weighted by Gasteiger charge is -2.17. The molecule has 1 atom stereocenters. The molecule has 0 bridgehead atoms. The van der Waals surface area contributed by atoms with Crippen LogP contribution in [0.5, 0.6) is 0 Å². The highest BCUT2D eigenvalue weighted by Gasteiger charge is 2.35. The summed E-state index contributed by atoms with van der Waals surface area (Å²) in [5.74, 6) is -1.21. The van der Waals surface area contributed by atoms with Crippen molar-refractivity contribution in [3.05, 3.63) is 95.3 Å². The van der Waals surface area contributed by atoms with E-state index in [2.05, 4.69) is 17.3 Å². The highest BCUT2D eigenvalue weighted by molar-refractivity contribution is 6.24. The first-order chi connectivity index (χ1) is 17.0. The lowest BCUT2D eigenvalue weighted by atomic mass is 9.90. The van der Waals surface area contributed by atoms with Gasteiger partial charge in [0.25, 0.3) is 0 Å². The Balaban J connectivity index is 1.53. The van der Waals surface area contributed by atoms with Crippen molar-refractivity contribution in [2.24, 2.45) is 4.99 Å². The molecule has 7 heteroatoms. The van der Waals surface area contributed by atoms with E-state index in [4.69, 9.17) is 14.5 Å². The summed E-state index contributed by atoms with van der Waals surface area (Å²) in [6.45, 7) is 3.45. The number of hydrogen-bond acceptors (Lipinski definition) is 5. The Morgan fingerprint density at radius 2 is 1.80 bits per heavy atom. The summed E-state index contributed by atoms with van der Waals surface area (Å²) < 4.78 is 24.3. The second-order valence-electron chi connectivity index (χ2n) is 8.53. The summed E-state index contributed by atoms with van der Waals surface area (Å²) in [6, 6.07) is 22.0. The number of carbonyl (C=O) groups is 1. The minimum atomic E-state index is -0.614. The van der Waals surface area contributed by atoms with E-state index in [1.807, 2.05) is 54.6 Å². The Morgan fingerprint density at radius 3 is 2.54 bits per heavy atom. The van der Waals surface area contributed by atoms with Crippen LogP contribution in [0.4, 0.5) is 15.8 Å². The molecule has 1 amide bonds. The van der Waals surface area contributed by atoms with Gasteiger partial charge < -0.3 is 14.8 Å². The molecule has 0 aliphatic carbocycles. The Kier molecular flexibility index (Phi) is 8.36. The second-order valence-corrected chi connectivity index (χ2v) is 8.53. The van der Waals surface area contributed by atoms with Gasteiger partial charge in [0.2, 0.25) is 5.91 Å². The zero-order valence-corrected chi connectivity index (χ0v) is 20.0. The van der Waals surface area contributed by atoms with Crippen molar-refractivity contribution < 1.29 is 18.7 Å². The maximum Gasteiger partial charge on any atom is 0.238 e. The first-order valence-corrected chi connectivity index (χ1v) is 11.6. The summed E-state index contributed by atoms with van der Waals surface area (Å²) >= 11 is 0.